The van der Waals surface area contributed by atoms with Gasteiger partial charge < -0.3 is 24.9 Å². The van der Waals surface area contributed by atoms with Gasteiger partial charge in [0.2, 0.25) is 0 Å². The molecule has 5 rings (SSSR count). The van der Waals surface area contributed by atoms with Crippen LogP contribution in [0.15, 0.2) is 43.5 Å². The van der Waals surface area contributed by atoms with Gasteiger partial charge in [0.15, 0.2) is 0 Å². The molecule has 0 atom stereocenters. The van der Waals surface area contributed by atoms with Crippen molar-refractivity contribution < 1.29 is 36.5 Å². The van der Waals surface area contributed by atoms with Crippen molar-refractivity contribution in [3.63, 3.8) is 0 Å². The molecular weight excluding hydrogens is 587 g/mol. The summed E-state index contributed by atoms with van der Waals surface area (Å²) in [7, 11) is 0. The van der Waals surface area contributed by atoms with Crippen LogP contribution in [-0.4, -0.2) is 39.6 Å². The zero-order chi connectivity index (χ0) is 30.1. The predicted molar refractivity (Wildman–Crippen MR) is 167 cm³/mol. The molecule has 8 bridgehead atoms. The van der Waals surface area contributed by atoms with Gasteiger partial charge in [0.1, 0.15) is 6.79 Å². The van der Waals surface area contributed by atoms with Gasteiger partial charge in [0.25, 0.3) is 0 Å². The molecule has 0 saturated heterocycles. The smallest absolute Gasteiger partial charge is 0.657 e. The quantitative estimate of drug-likeness (QED) is 0.213. The van der Waals surface area contributed by atoms with E-state index in [4.69, 9.17) is 24.7 Å². The molecule has 2 N–H and O–H groups in total. The van der Waals surface area contributed by atoms with Gasteiger partial charge in [-0.2, -0.15) is 0 Å². The van der Waals surface area contributed by atoms with Gasteiger partial charge in [-0.1, -0.05) is 66.3 Å². The summed E-state index contributed by atoms with van der Waals surface area (Å²) in [5.74, 6) is -0.871. The molecule has 2 aliphatic heterocycles. The number of hydrogen-bond donors (Lipinski definition) is 2. The fraction of sp³-hybridized carbons (Fsp3) is 0.265. The normalized spacial score (nSPS) is 12.9. The first kappa shape index (κ1) is 31.9. The molecule has 2 aliphatic rings. The van der Waals surface area contributed by atoms with Crippen LogP contribution in [0.2, 0.25) is 0 Å². The molecule has 223 valence electrons. The molecule has 1 radical (unpaired) electrons. The van der Waals surface area contributed by atoms with E-state index in [0.29, 0.717) is 25.1 Å². The Kier molecular flexibility index (Phi) is 9.71. The third-order valence-electron chi connectivity index (χ3n) is 8.06. The molecule has 0 amide bonds. The Labute approximate surface area is 261 Å². The van der Waals surface area contributed by atoms with Crippen molar-refractivity contribution in [2.75, 3.05) is 13.4 Å². The van der Waals surface area contributed by atoms with E-state index < -0.39 is 5.97 Å². The molecule has 0 saturated carbocycles. The van der Waals surface area contributed by atoms with Gasteiger partial charge in [0.05, 0.1) is 29.4 Å². The van der Waals surface area contributed by atoms with E-state index in [2.05, 4.69) is 13.2 Å². The Bertz CT molecular complexity index is 1860. The monoisotopic (exact) mass is 621 g/mol. The van der Waals surface area contributed by atoms with E-state index in [1.54, 1.807) is 6.08 Å². The second-order valence-corrected chi connectivity index (χ2v) is 10.5. The minimum absolute atomic E-state index is 0. The Hall–Kier alpha value is -4.02. The number of fused-ring (bicyclic) bond motifs is 8. The Morgan fingerprint density at radius 2 is 1.44 bits per heavy atom. The Morgan fingerprint density at radius 1 is 0.837 bits per heavy atom. The fourth-order valence-corrected chi connectivity index (χ4v) is 5.62. The number of carboxylic acids is 1. The van der Waals surface area contributed by atoms with Crippen molar-refractivity contribution in [3.05, 3.63) is 88.5 Å². The predicted octanol–water partition coefficient (Wildman–Crippen LogP) is 6.25. The number of aryl methyl sites for hydroxylation is 2. The first-order valence-electron chi connectivity index (χ1n) is 13.9. The molecule has 0 aromatic carbocycles. The summed E-state index contributed by atoms with van der Waals surface area (Å²) >= 11 is 0. The van der Waals surface area contributed by atoms with Crippen molar-refractivity contribution in [2.45, 2.75) is 47.0 Å². The summed E-state index contributed by atoms with van der Waals surface area (Å²) in [5, 5.41) is 18.7. The van der Waals surface area contributed by atoms with Crippen molar-refractivity contribution in [1.29, 1.82) is 0 Å². The number of carbonyl (C=O) groups is 1. The zero-order valence-corrected chi connectivity index (χ0v) is 25.8. The van der Waals surface area contributed by atoms with Crippen LogP contribution in [-0.2, 0) is 32.7 Å². The van der Waals surface area contributed by atoms with Gasteiger partial charge in [-0.25, -0.2) is 9.97 Å². The number of aromatic nitrogens is 4. The van der Waals surface area contributed by atoms with Crippen molar-refractivity contribution in [3.8, 4) is 0 Å². The number of allylic oxidation sites excluding steroid dienone is 5. The average molecular weight is 622 g/mol. The third kappa shape index (κ3) is 6.07. The second kappa shape index (κ2) is 13.1. The second-order valence-electron chi connectivity index (χ2n) is 10.5. The summed E-state index contributed by atoms with van der Waals surface area (Å²) in [6.07, 6.45) is 4.47. The van der Waals surface area contributed by atoms with E-state index in [0.717, 1.165) is 83.7 Å². The van der Waals surface area contributed by atoms with E-state index in [1.807, 2.05) is 58.0 Å². The third-order valence-corrected chi connectivity index (χ3v) is 8.06. The van der Waals surface area contributed by atoms with Gasteiger partial charge in [-0.15, -0.1) is 22.1 Å². The number of aliphatic carboxylic acids is 1. The summed E-state index contributed by atoms with van der Waals surface area (Å²) < 4.78 is 5.26. The molecule has 43 heavy (non-hydrogen) atoms. The van der Waals surface area contributed by atoms with Crippen molar-refractivity contribution >= 4 is 56.4 Å². The van der Waals surface area contributed by atoms with E-state index in [1.165, 1.54) is 0 Å². The molecule has 0 aliphatic carbocycles. The minimum atomic E-state index is -0.871. The number of aliphatic hydroxyl groups is 1. The van der Waals surface area contributed by atoms with Crippen molar-refractivity contribution in [2.24, 2.45) is 0 Å². The maximum atomic E-state index is 11.5. The maximum Gasteiger partial charge on any atom is 2.00 e. The molecule has 0 fully saturated rings. The maximum absolute atomic E-state index is 11.5. The summed E-state index contributed by atoms with van der Waals surface area (Å²) in [4.78, 5) is 31.4. The molecular formula is C34H34CoN4O4. The topological polar surface area (TPSA) is 121 Å². The summed E-state index contributed by atoms with van der Waals surface area (Å²) in [6.45, 7) is 16.0. The first-order chi connectivity index (χ1) is 20.2. The summed E-state index contributed by atoms with van der Waals surface area (Å²) in [5.41, 5.74) is 13.5. The standard InChI is InChI=1S/C34H35N4O4.Co/c1-7-22-18(3)26-13-27-21(6)25(11-12-42-17-39)33(37-27)16-32-24(9-10-34(40)41)20(5)29(38-32)15-31-23(8-2)19(4)28(36-31)14-30(22)35-26;/h7-8,13-16,39H,1-2,9-12,17H2,3-6H3,(H2-,35,36,37,38,40,41);/q-1;+2/p-1. The average Bonchev–Trinajstić information content (AvgIpc) is 3.61. The van der Waals surface area contributed by atoms with Crippen LogP contribution in [0.5, 0.6) is 0 Å². The van der Waals surface area contributed by atoms with Crippen LogP contribution in [0.3, 0.4) is 0 Å². The Balaban J connectivity index is 0.00000423. The van der Waals surface area contributed by atoms with Crippen LogP contribution >= 0.6 is 0 Å². The first-order valence-corrected chi connectivity index (χ1v) is 13.9. The zero-order valence-electron chi connectivity index (χ0n) is 24.7. The molecule has 5 heterocycles. The molecule has 3 aromatic heterocycles. The Morgan fingerprint density at radius 3 is 2.12 bits per heavy atom. The van der Waals surface area contributed by atoms with E-state index in [-0.39, 0.29) is 30.0 Å². The molecule has 0 spiro atoms. The van der Waals surface area contributed by atoms with E-state index in [9.17, 15) is 15.0 Å². The van der Waals surface area contributed by atoms with Gasteiger partial charge in [-0.05, 0) is 62.8 Å². The molecule has 9 heteroatoms. The number of aliphatic hydroxyl groups excluding tert-OH is 1. The fourth-order valence-electron chi connectivity index (χ4n) is 5.62. The number of hydrogen-bond acceptors (Lipinski definition) is 5. The molecule has 3 aromatic rings. The van der Waals surface area contributed by atoms with Crippen LogP contribution in [0.25, 0.3) is 50.4 Å². The molecule has 0 unspecified atom stereocenters. The minimum Gasteiger partial charge on any atom is -0.657 e. The van der Waals surface area contributed by atoms with Crippen LogP contribution < -0.4 is 9.97 Å². The molecule has 8 nitrogen and oxygen atoms in total. The van der Waals surface area contributed by atoms with Crippen LogP contribution in [0, 0.1) is 13.8 Å². The number of nitrogens with zero attached hydrogens (tertiary/aromatic N) is 4. The number of ether oxygens (including phenoxy) is 1. The number of carboxylic acid groups (broad SMARTS) is 1. The van der Waals surface area contributed by atoms with Gasteiger partial charge >= 0.3 is 22.7 Å². The van der Waals surface area contributed by atoms with Crippen LogP contribution in [0.1, 0.15) is 71.7 Å². The van der Waals surface area contributed by atoms with Gasteiger partial charge in [-0.3, -0.25) is 4.79 Å². The van der Waals surface area contributed by atoms with E-state index >= 15 is 0 Å². The van der Waals surface area contributed by atoms with Crippen molar-refractivity contribution in [1.82, 2.24) is 19.9 Å². The number of rotatable bonds is 9. The summed E-state index contributed by atoms with van der Waals surface area (Å²) in [6, 6.07) is 7.82. The largest absolute Gasteiger partial charge is 2.00 e. The van der Waals surface area contributed by atoms with Crippen LogP contribution in [0.4, 0.5) is 0 Å². The van der Waals surface area contributed by atoms with Gasteiger partial charge in [0, 0.05) is 12.0 Å². The SMILES string of the molecule is C=CC1=C(C)c2cc3[n-]c(cc4nc(cc5[n-]c(cc1n2)c(C)c5C=C)C(C)=C4CCC(=O)O)c(CCOCO)c3C.[Co+2].